The van der Waals surface area contributed by atoms with Gasteiger partial charge in [-0.2, -0.15) is 4.31 Å². The van der Waals surface area contributed by atoms with Crippen LogP contribution in [0.4, 0.5) is 4.39 Å². The molecule has 3 rings (SSSR count). The average Bonchev–Trinajstić information content (AvgIpc) is 2.83. The smallest absolute Gasteiger partial charge is 0.246 e. The molecule has 1 unspecified atom stereocenters. The van der Waals surface area contributed by atoms with E-state index in [2.05, 4.69) is 10.2 Å². The van der Waals surface area contributed by atoms with Crippen molar-refractivity contribution in [3.05, 3.63) is 65.5 Å². The molecule has 2 aromatic carbocycles. The number of aryl methyl sites for hydroxylation is 1. The summed E-state index contributed by atoms with van der Waals surface area (Å²) in [5.41, 5.74) is 1.97. The summed E-state index contributed by atoms with van der Waals surface area (Å²) in [4.78, 5) is 14.7. The minimum absolute atomic E-state index is 0.0808. The average molecular weight is 520 g/mol. The van der Waals surface area contributed by atoms with Crippen molar-refractivity contribution in [1.29, 1.82) is 0 Å². The Labute approximate surface area is 214 Å². The van der Waals surface area contributed by atoms with Gasteiger partial charge in [-0.15, -0.1) is 0 Å². The molecule has 0 aliphatic heterocycles. The van der Waals surface area contributed by atoms with E-state index in [1.807, 2.05) is 27.1 Å². The van der Waals surface area contributed by atoms with E-state index in [0.717, 1.165) is 36.8 Å². The van der Waals surface area contributed by atoms with Gasteiger partial charge in [0, 0.05) is 25.7 Å². The predicted molar refractivity (Wildman–Crippen MR) is 139 cm³/mol. The Morgan fingerprint density at radius 3 is 2.36 bits per heavy atom. The van der Waals surface area contributed by atoms with Crippen LogP contribution in [0.1, 0.15) is 42.9 Å². The van der Waals surface area contributed by atoms with E-state index in [9.17, 15) is 17.6 Å². The summed E-state index contributed by atoms with van der Waals surface area (Å²) >= 11 is 0. The van der Waals surface area contributed by atoms with Crippen molar-refractivity contribution >= 4 is 15.9 Å². The van der Waals surface area contributed by atoms with Crippen LogP contribution in [0.5, 0.6) is 0 Å². The molecule has 0 bridgehead atoms. The number of rotatable bonds is 11. The first-order valence-electron chi connectivity index (χ1n) is 12.4. The van der Waals surface area contributed by atoms with E-state index in [4.69, 9.17) is 4.74 Å². The number of likely N-dealkylation sites (N-methyl/N-ethyl adjacent to an activating group) is 1. The number of sulfonamides is 1. The Bertz CT molecular complexity index is 1100. The first-order chi connectivity index (χ1) is 17.1. The lowest BCUT2D eigenvalue weighted by Gasteiger charge is -2.37. The molecule has 1 fully saturated rings. The summed E-state index contributed by atoms with van der Waals surface area (Å²) in [5, 5.41) is 3.04. The fraction of sp³-hybridized carbons (Fsp3) is 0.519. The van der Waals surface area contributed by atoms with Gasteiger partial charge in [0.2, 0.25) is 15.9 Å². The second-order valence-corrected chi connectivity index (χ2v) is 11.9. The summed E-state index contributed by atoms with van der Waals surface area (Å²) in [6, 6.07) is 13.7. The van der Waals surface area contributed by atoms with Crippen molar-refractivity contribution in [1.82, 2.24) is 14.5 Å². The molecule has 0 heterocycles. The molecular formula is C27H38FN3O4S. The van der Waals surface area contributed by atoms with E-state index in [1.165, 1.54) is 17.4 Å². The highest BCUT2D eigenvalue weighted by atomic mass is 32.2. The predicted octanol–water partition coefficient (Wildman–Crippen LogP) is 3.75. The third kappa shape index (κ3) is 7.59. The molecule has 1 atom stereocenters. The second-order valence-electron chi connectivity index (χ2n) is 9.83. The summed E-state index contributed by atoms with van der Waals surface area (Å²) < 4.78 is 45.7. The number of hydrogen-bond acceptors (Lipinski definition) is 5. The highest BCUT2D eigenvalue weighted by Crippen LogP contribution is 2.37. The molecule has 0 aromatic heterocycles. The lowest BCUT2D eigenvalue weighted by molar-refractivity contribution is -0.126. The number of nitrogens with one attached hydrogen (secondary N) is 1. The van der Waals surface area contributed by atoms with E-state index >= 15 is 0 Å². The van der Waals surface area contributed by atoms with E-state index < -0.39 is 10.0 Å². The van der Waals surface area contributed by atoms with Gasteiger partial charge in [0.25, 0.3) is 0 Å². The van der Waals surface area contributed by atoms with Gasteiger partial charge >= 0.3 is 0 Å². The molecule has 198 valence electrons. The Morgan fingerprint density at radius 1 is 1.08 bits per heavy atom. The van der Waals surface area contributed by atoms with Crippen LogP contribution in [0.25, 0.3) is 0 Å². The maximum absolute atomic E-state index is 13.8. The quantitative estimate of drug-likeness (QED) is 0.458. The van der Waals surface area contributed by atoms with Crippen LogP contribution in [0.15, 0.2) is 53.4 Å². The number of halogens is 1. The molecule has 7 nitrogen and oxygen atoms in total. The molecule has 0 saturated heterocycles. The molecule has 36 heavy (non-hydrogen) atoms. The van der Waals surface area contributed by atoms with Crippen molar-refractivity contribution in [2.24, 2.45) is 5.92 Å². The van der Waals surface area contributed by atoms with Gasteiger partial charge in [-0.05, 0) is 82.4 Å². The number of carbonyl (C=O) groups is 1. The second kappa shape index (κ2) is 12.8. The van der Waals surface area contributed by atoms with Gasteiger partial charge in [0.15, 0.2) is 0 Å². The Morgan fingerprint density at radius 2 is 1.75 bits per heavy atom. The van der Waals surface area contributed by atoms with Crippen LogP contribution in [0, 0.1) is 18.7 Å². The molecule has 1 amide bonds. The monoisotopic (exact) mass is 519 g/mol. The number of amides is 1. The lowest BCUT2D eigenvalue weighted by atomic mass is 9.78. The van der Waals surface area contributed by atoms with Crippen LogP contribution in [0.3, 0.4) is 0 Å². The number of carbonyl (C=O) groups excluding carboxylic acids is 1. The van der Waals surface area contributed by atoms with Crippen LogP contribution in [0.2, 0.25) is 0 Å². The largest absolute Gasteiger partial charge is 0.370 e. The zero-order valence-electron chi connectivity index (χ0n) is 21.6. The van der Waals surface area contributed by atoms with Crippen molar-refractivity contribution in [3.8, 4) is 0 Å². The Balaban J connectivity index is 1.39. The molecule has 0 spiro atoms. The van der Waals surface area contributed by atoms with Gasteiger partial charge in [0.05, 0.1) is 11.5 Å². The number of ether oxygens (including phenoxy) is 1. The van der Waals surface area contributed by atoms with Crippen LogP contribution in [-0.2, 0) is 19.6 Å². The standard InChI is InChI=1S/C27H38FN3O4S/c1-20-8-14-25(15-9-20)36(33,34)31(4)16-17-35-19-26(32)29-24-12-10-21(11-13-24)27(30(2)3)22-6-5-7-23(28)18-22/h5-9,14-15,18,21,24,27H,10-13,16-17,19H2,1-4H3,(H,29,32). The molecule has 1 aliphatic carbocycles. The molecular weight excluding hydrogens is 481 g/mol. The van der Waals surface area contributed by atoms with Crippen LogP contribution >= 0.6 is 0 Å². The third-order valence-electron chi connectivity index (χ3n) is 6.84. The molecule has 9 heteroatoms. The highest BCUT2D eigenvalue weighted by molar-refractivity contribution is 7.89. The van der Waals surface area contributed by atoms with Crippen molar-refractivity contribution in [3.63, 3.8) is 0 Å². The summed E-state index contributed by atoms with van der Waals surface area (Å²) in [5.74, 6) is -0.0340. The highest BCUT2D eigenvalue weighted by Gasteiger charge is 2.30. The van der Waals surface area contributed by atoms with Gasteiger partial charge in [-0.1, -0.05) is 29.8 Å². The lowest BCUT2D eigenvalue weighted by Crippen LogP contribution is -2.41. The van der Waals surface area contributed by atoms with E-state index in [1.54, 1.807) is 36.4 Å². The van der Waals surface area contributed by atoms with Crippen molar-refractivity contribution in [2.75, 3.05) is 40.9 Å². The number of hydrogen-bond donors (Lipinski definition) is 1. The topological polar surface area (TPSA) is 78.9 Å². The SMILES string of the molecule is Cc1ccc(S(=O)(=O)N(C)CCOCC(=O)NC2CCC(C(c3cccc(F)c3)N(C)C)CC2)cc1. The van der Waals surface area contributed by atoms with E-state index in [0.29, 0.717) is 5.92 Å². The molecule has 1 aliphatic rings. The van der Waals surface area contributed by atoms with Gasteiger partial charge in [0.1, 0.15) is 12.4 Å². The van der Waals surface area contributed by atoms with Crippen molar-refractivity contribution < 1.29 is 22.3 Å². The minimum atomic E-state index is -3.59. The maximum atomic E-state index is 13.8. The molecule has 1 N–H and O–H groups in total. The maximum Gasteiger partial charge on any atom is 0.246 e. The fourth-order valence-corrected chi connectivity index (χ4v) is 6.05. The Kier molecular flexibility index (Phi) is 10.0. The zero-order valence-corrected chi connectivity index (χ0v) is 22.4. The first kappa shape index (κ1) is 28.2. The van der Waals surface area contributed by atoms with Gasteiger partial charge in [-0.3, -0.25) is 4.79 Å². The first-order valence-corrected chi connectivity index (χ1v) is 13.8. The number of benzene rings is 2. The van der Waals surface area contributed by atoms with Crippen LogP contribution < -0.4 is 5.32 Å². The molecule has 0 radical (unpaired) electrons. The summed E-state index contributed by atoms with van der Waals surface area (Å²) in [6.45, 7) is 2.07. The minimum Gasteiger partial charge on any atom is -0.370 e. The molecule has 1 saturated carbocycles. The van der Waals surface area contributed by atoms with Gasteiger partial charge in [-0.25, -0.2) is 12.8 Å². The van der Waals surface area contributed by atoms with Crippen LogP contribution in [-0.4, -0.2) is 70.5 Å². The van der Waals surface area contributed by atoms with Gasteiger partial charge < -0.3 is 15.0 Å². The zero-order chi connectivity index (χ0) is 26.3. The number of nitrogens with zero attached hydrogens (tertiary/aromatic N) is 2. The fourth-order valence-electron chi connectivity index (χ4n) is 4.90. The summed E-state index contributed by atoms with van der Waals surface area (Å²) in [6.07, 6.45) is 3.58. The third-order valence-corrected chi connectivity index (χ3v) is 8.71. The Hall–Kier alpha value is -2.33. The molecule has 2 aromatic rings. The normalized spacial score (nSPS) is 19.4. The van der Waals surface area contributed by atoms with E-state index in [-0.39, 0.29) is 48.5 Å². The summed E-state index contributed by atoms with van der Waals surface area (Å²) in [7, 11) is 1.95. The van der Waals surface area contributed by atoms with Crippen molar-refractivity contribution in [2.45, 2.75) is 49.6 Å².